The molecule has 0 bridgehead atoms. The average Bonchev–Trinajstić information content (AvgIpc) is 2.53. The van der Waals surface area contributed by atoms with Gasteiger partial charge in [0.05, 0.1) is 6.04 Å². The first kappa shape index (κ1) is 16.2. The van der Waals surface area contributed by atoms with E-state index in [1.54, 1.807) is 18.5 Å². The molecule has 0 saturated heterocycles. The highest BCUT2D eigenvalue weighted by atomic mass is 35.5. The Morgan fingerprint density at radius 3 is 2.73 bits per heavy atom. The van der Waals surface area contributed by atoms with Crippen LogP contribution in [0.2, 0.25) is 5.02 Å². The zero-order chi connectivity index (χ0) is 15.8. The van der Waals surface area contributed by atoms with E-state index in [1.165, 1.54) is 0 Å². The Balaban J connectivity index is 2.15. The number of rotatable bonds is 6. The van der Waals surface area contributed by atoms with E-state index >= 15 is 0 Å². The fourth-order valence-corrected chi connectivity index (χ4v) is 2.30. The van der Waals surface area contributed by atoms with Gasteiger partial charge in [0.1, 0.15) is 6.67 Å². The van der Waals surface area contributed by atoms with Crippen LogP contribution in [0, 0.1) is 0 Å². The molecule has 2 aromatic rings. The predicted molar refractivity (Wildman–Crippen MR) is 84.6 cm³/mol. The lowest BCUT2D eigenvalue weighted by atomic mass is 9.99. The van der Waals surface area contributed by atoms with Crippen molar-refractivity contribution in [3.05, 3.63) is 64.9 Å². The maximum Gasteiger partial charge on any atom is 0.315 e. The number of carbonyl (C=O) groups excluding carboxylic acids is 1. The van der Waals surface area contributed by atoms with Gasteiger partial charge in [0.15, 0.2) is 0 Å². The molecule has 0 aliphatic heterocycles. The summed E-state index contributed by atoms with van der Waals surface area (Å²) in [6.07, 6.45) is 3.99. The van der Waals surface area contributed by atoms with E-state index < -0.39 is 12.7 Å². The van der Waals surface area contributed by atoms with Crippen LogP contribution in [-0.4, -0.2) is 24.2 Å². The van der Waals surface area contributed by atoms with Crippen LogP contribution in [-0.2, 0) is 6.42 Å². The molecule has 1 aromatic carbocycles. The van der Waals surface area contributed by atoms with E-state index in [0.717, 1.165) is 11.1 Å². The molecule has 0 spiro atoms. The van der Waals surface area contributed by atoms with Crippen LogP contribution >= 0.6 is 11.6 Å². The Hall–Kier alpha value is -2.14. The summed E-state index contributed by atoms with van der Waals surface area (Å²) >= 11 is 6.02. The third kappa shape index (κ3) is 5.00. The van der Waals surface area contributed by atoms with Gasteiger partial charge < -0.3 is 10.6 Å². The molecule has 4 nitrogen and oxygen atoms in total. The number of alkyl halides is 1. The minimum absolute atomic E-state index is 0.0106. The molecule has 116 valence electrons. The number of nitrogens with one attached hydrogen (secondary N) is 2. The molecule has 1 unspecified atom stereocenters. The molecule has 1 atom stereocenters. The maximum absolute atomic E-state index is 12.1. The molecular weight excluding hydrogens is 305 g/mol. The number of nitrogens with zero attached hydrogens (tertiary/aromatic N) is 1. The van der Waals surface area contributed by atoms with Gasteiger partial charge >= 0.3 is 6.03 Å². The van der Waals surface area contributed by atoms with Crippen molar-refractivity contribution in [3.8, 4) is 0 Å². The average molecular weight is 322 g/mol. The highest BCUT2D eigenvalue weighted by Gasteiger charge is 2.15. The van der Waals surface area contributed by atoms with Crippen LogP contribution in [0.5, 0.6) is 0 Å². The largest absolute Gasteiger partial charge is 0.336 e. The lowest BCUT2D eigenvalue weighted by Crippen LogP contribution is -2.39. The molecule has 2 amide bonds. The van der Waals surface area contributed by atoms with E-state index in [-0.39, 0.29) is 12.6 Å². The molecule has 0 fully saturated rings. The van der Waals surface area contributed by atoms with E-state index in [1.807, 2.05) is 30.3 Å². The number of amides is 2. The van der Waals surface area contributed by atoms with E-state index in [0.29, 0.717) is 11.4 Å². The number of carbonyl (C=O) groups is 1. The van der Waals surface area contributed by atoms with Crippen molar-refractivity contribution in [1.29, 1.82) is 0 Å². The first-order chi connectivity index (χ1) is 10.7. The molecule has 0 aliphatic rings. The molecule has 6 heteroatoms. The number of urea groups is 1. The Morgan fingerprint density at radius 2 is 2.05 bits per heavy atom. The van der Waals surface area contributed by atoms with E-state index in [9.17, 15) is 9.18 Å². The van der Waals surface area contributed by atoms with Gasteiger partial charge in [0, 0.05) is 24.0 Å². The van der Waals surface area contributed by atoms with Gasteiger partial charge in [-0.3, -0.25) is 4.98 Å². The second-order valence-corrected chi connectivity index (χ2v) is 5.19. The van der Waals surface area contributed by atoms with Crippen molar-refractivity contribution < 1.29 is 9.18 Å². The maximum atomic E-state index is 12.1. The Labute approximate surface area is 133 Å². The van der Waals surface area contributed by atoms with Crippen molar-refractivity contribution in [2.24, 2.45) is 0 Å². The number of pyridine rings is 1. The highest BCUT2D eigenvalue weighted by Crippen LogP contribution is 2.21. The van der Waals surface area contributed by atoms with Crippen LogP contribution in [0.4, 0.5) is 9.18 Å². The SMILES string of the molecule is O=C(NCCF)NC(Cc1ccncc1)c1cccc(Cl)c1. The van der Waals surface area contributed by atoms with Gasteiger partial charge in [-0.05, 0) is 41.8 Å². The molecule has 1 heterocycles. The van der Waals surface area contributed by atoms with Gasteiger partial charge in [0.25, 0.3) is 0 Å². The number of benzene rings is 1. The molecule has 1 aromatic heterocycles. The summed E-state index contributed by atoms with van der Waals surface area (Å²) in [6.45, 7) is -0.608. The summed E-state index contributed by atoms with van der Waals surface area (Å²) < 4.78 is 12.1. The monoisotopic (exact) mass is 321 g/mol. The van der Waals surface area contributed by atoms with Crippen LogP contribution < -0.4 is 10.6 Å². The summed E-state index contributed by atoms with van der Waals surface area (Å²) in [5.41, 5.74) is 1.92. The summed E-state index contributed by atoms with van der Waals surface area (Å²) in [4.78, 5) is 15.8. The third-order valence-corrected chi connectivity index (χ3v) is 3.36. The molecule has 0 saturated carbocycles. The van der Waals surface area contributed by atoms with Crippen molar-refractivity contribution >= 4 is 17.6 Å². The summed E-state index contributed by atoms with van der Waals surface area (Å²) in [5.74, 6) is 0. The zero-order valence-corrected chi connectivity index (χ0v) is 12.7. The van der Waals surface area contributed by atoms with Crippen molar-refractivity contribution in [3.63, 3.8) is 0 Å². The van der Waals surface area contributed by atoms with Gasteiger partial charge in [-0.1, -0.05) is 23.7 Å². The molecule has 22 heavy (non-hydrogen) atoms. The normalized spacial score (nSPS) is 11.7. The number of halogens is 2. The lowest BCUT2D eigenvalue weighted by Gasteiger charge is -2.20. The quantitative estimate of drug-likeness (QED) is 0.858. The smallest absolute Gasteiger partial charge is 0.315 e. The summed E-state index contributed by atoms with van der Waals surface area (Å²) in [7, 11) is 0. The van der Waals surface area contributed by atoms with Gasteiger partial charge in [0.2, 0.25) is 0 Å². The highest BCUT2D eigenvalue weighted by molar-refractivity contribution is 6.30. The van der Waals surface area contributed by atoms with Crippen LogP contribution in [0.25, 0.3) is 0 Å². The van der Waals surface area contributed by atoms with Gasteiger partial charge in [-0.2, -0.15) is 0 Å². The second kappa shape index (κ2) is 8.34. The van der Waals surface area contributed by atoms with Crippen molar-refractivity contribution in [1.82, 2.24) is 15.6 Å². The fourth-order valence-electron chi connectivity index (χ4n) is 2.10. The van der Waals surface area contributed by atoms with Crippen molar-refractivity contribution in [2.45, 2.75) is 12.5 Å². The van der Waals surface area contributed by atoms with Gasteiger partial charge in [-0.25, -0.2) is 9.18 Å². The Bertz CT molecular complexity index is 609. The molecule has 2 rings (SSSR count). The minimum Gasteiger partial charge on any atom is -0.336 e. The predicted octanol–water partition coefficient (Wildman–Crippen LogP) is 3.29. The Morgan fingerprint density at radius 1 is 1.27 bits per heavy atom. The molecule has 2 N–H and O–H groups in total. The third-order valence-electron chi connectivity index (χ3n) is 3.13. The van der Waals surface area contributed by atoms with Crippen LogP contribution in [0.3, 0.4) is 0 Å². The van der Waals surface area contributed by atoms with Gasteiger partial charge in [-0.15, -0.1) is 0 Å². The standard InChI is InChI=1S/C16H17ClFN3O/c17-14-3-1-2-13(11-14)15(21-16(22)20-9-6-18)10-12-4-7-19-8-5-12/h1-5,7-8,11,15H,6,9-10H2,(H2,20,21,22). The summed E-state index contributed by atoms with van der Waals surface area (Å²) in [5, 5.41) is 5.91. The topological polar surface area (TPSA) is 54.0 Å². The second-order valence-electron chi connectivity index (χ2n) is 4.76. The van der Waals surface area contributed by atoms with Crippen LogP contribution in [0.1, 0.15) is 17.2 Å². The molecule has 0 aliphatic carbocycles. The minimum atomic E-state index is -0.598. The first-order valence-electron chi connectivity index (χ1n) is 6.93. The number of hydrogen-bond acceptors (Lipinski definition) is 2. The first-order valence-corrected chi connectivity index (χ1v) is 7.31. The van der Waals surface area contributed by atoms with Crippen LogP contribution in [0.15, 0.2) is 48.8 Å². The number of hydrogen-bond donors (Lipinski definition) is 2. The van der Waals surface area contributed by atoms with E-state index in [4.69, 9.17) is 11.6 Å². The number of aromatic nitrogens is 1. The Kier molecular flexibility index (Phi) is 6.15. The molecular formula is C16H17ClFN3O. The summed E-state index contributed by atoms with van der Waals surface area (Å²) in [6, 6.07) is 10.4. The fraction of sp³-hybridized carbons (Fsp3) is 0.250. The van der Waals surface area contributed by atoms with E-state index in [2.05, 4.69) is 15.6 Å². The molecule has 0 radical (unpaired) electrons. The van der Waals surface area contributed by atoms with Crippen molar-refractivity contribution in [2.75, 3.05) is 13.2 Å². The zero-order valence-electron chi connectivity index (χ0n) is 11.9. The lowest BCUT2D eigenvalue weighted by molar-refractivity contribution is 0.236.